The largest absolute Gasteiger partial charge is 0.493 e. The highest BCUT2D eigenvalue weighted by Crippen LogP contribution is 2.31. The number of aromatic nitrogens is 1. The molecule has 0 saturated heterocycles. The van der Waals surface area contributed by atoms with Crippen LogP contribution in [0.2, 0.25) is 0 Å². The monoisotopic (exact) mass is 347 g/mol. The van der Waals surface area contributed by atoms with Crippen LogP contribution in [0.15, 0.2) is 28.7 Å². The van der Waals surface area contributed by atoms with E-state index in [4.69, 9.17) is 21.1 Å². The second kappa shape index (κ2) is 6.11. The first-order valence-electron chi connectivity index (χ1n) is 6.77. The molecule has 7 heteroatoms. The number of nitrogens with one attached hydrogen (secondary N) is 1. The summed E-state index contributed by atoms with van der Waals surface area (Å²) < 4.78 is 10.6. The van der Waals surface area contributed by atoms with Crippen molar-refractivity contribution in [1.29, 1.82) is 0 Å². The van der Waals surface area contributed by atoms with Crippen LogP contribution < -0.4 is 14.8 Å². The number of rotatable bonds is 3. The molecular weight excluding hydrogens is 334 g/mol. The van der Waals surface area contributed by atoms with E-state index >= 15 is 0 Å². The first kappa shape index (κ1) is 15.7. The van der Waals surface area contributed by atoms with Gasteiger partial charge in [-0.1, -0.05) is 17.5 Å². The van der Waals surface area contributed by atoms with Gasteiger partial charge in [0.25, 0.3) is 0 Å². The lowest BCUT2D eigenvalue weighted by molar-refractivity contribution is 0.355. The molecule has 0 fully saturated rings. The molecule has 0 amide bonds. The standard InChI is InChI=1S/C16H14ClN3O2S/c1-16(17)7-6-13-14(18-9-23-13)15(20-16)19-10-4-5-11(21-2)12(8-10)22-3/h4-5,8-9H,1-3H3,(H,19,20). The van der Waals surface area contributed by atoms with Crippen LogP contribution in [0.4, 0.5) is 5.69 Å². The summed E-state index contributed by atoms with van der Waals surface area (Å²) in [5, 5.41) is 3.24. The van der Waals surface area contributed by atoms with Gasteiger partial charge in [-0.2, -0.15) is 0 Å². The predicted molar refractivity (Wildman–Crippen MR) is 93.0 cm³/mol. The van der Waals surface area contributed by atoms with Crippen LogP contribution in [0.25, 0.3) is 0 Å². The number of nitrogens with zero attached hydrogens (tertiary/aromatic N) is 2. The average molecular weight is 348 g/mol. The smallest absolute Gasteiger partial charge is 0.194 e. The third-order valence-corrected chi connectivity index (χ3v) is 4.08. The summed E-state index contributed by atoms with van der Waals surface area (Å²) in [7, 11) is 3.19. The Labute approximate surface area is 143 Å². The highest BCUT2D eigenvalue weighted by molar-refractivity contribution is 7.10. The SMILES string of the molecule is COc1ccc(NC2=NC(C)(Cl)C#Cc3scnc32)cc1OC. The van der Waals surface area contributed by atoms with Crippen LogP contribution >= 0.6 is 22.9 Å². The number of hydrogen-bond donors (Lipinski definition) is 1. The summed E-state index contributed by atoms with van der Waals surface area (Å²) in [4.78, 5) is 8.66. The highest BCUT2D eigenvalue weighted by atomic mass is 35.5. The van der Waals surface area contributed by atoms with Crippen molar-refractivity contribution in [3.63, 3.8) is 0 Å². The molecule has 0 aliphatic carbocycles. The molecule has 0 spiro atoms. The molecule has 0 bridgehead atoms. The quantitative estimate of drug-likeness (QED) is 0.525. The summed E-state index contributed by atoms with van der Waals surface area (Å²) in [5.74, 6) is 7.79. The van der Waals surface area contributed by atoms with Crippen LogP contribution in [0, 0.1) is 11.8 Å². The number of thiazole rings is 1. The number of anilines is 1. The van der Waals surface area contributed by atoms with Gasteiger partial charge < -0.3 is 14.8 Å². The van der Waals surface area contributed by atoms with E-state index in [9.17, 15) is 0 Å². The summed E-state index contributed by atoms with van der Waals surface area (Å²) in [5.41, 5.74) is 3.22. The maximum absolute atomic E-state index is 6.32. The fourth-order valence-corrected chi connectivity index (χ4v) is 2.87. The van der Waals surface area contributed by atoms with E-state index in [2.05, 4.69) is 27.1 Å². The zero-order valence-electron chi connectivity index (χ0n) is 12.8. The van der Waals surface area contributed by atoms with E-state index in [1.165, 1.54) is 11.3 Å². The van der Waals surface area contributed by atoms with Crippen molar-refractivity contribution in [2.24, 2.45) is 4.99 Å². The van der Waals surface area contributed by atoms with E-state index in [1.54, 1.807) is 26.7 Å². The number of hydrogen-bond acceptors (Lipinski definition) is 6. The van der Waals surface area contributed by atoms with E-state index in [0.717, 1.165) is 10.6 Å². The Bertz CT molecular complexity index is 833. The van der Waals surface area contributed by atoms with Crippen LogP contribution in [-0.4, -0.2) is 30.0 Å². The first-order valence-corrected chi connectivity index (χ1v) is 8.03. The van der Waals surface area contributed by atoms with Gasteiger partial charge in [-0.15, -0.1) is 11.3 Å². The zero-order chi connectivity index (χ0) is 16.4. The minimum absolute atomic E-state index is 0.559. The summed E-state index contributed by atoms with van der Waals surface area (Å²) in [6.07, 6.45) is 0. The fraction of sp³-hybridized carbons (Fsp3) is 0.250. The molecule has 1 atom stereocenters. The van der Waals surface area contributed by atoms with Crippen molar-refractivity contribution >= 4 is 34.5 Å². The van der Waals surface area contributed by atoms with Gasteiger partial charge >= 0.3 is 0 Å². The fourth-order valence-electron chi connectivity index (χ4n) is 2.10. The number of methoxy groups -OCH3 is 2. The number of fused-ring (bicyclic) bond motifs is 1. The predicted octanol–water partition coefficient (Wildman–Crippen LogP) is 3.34. The van der Waals surface area contributed by atoms with Gasteiger partial charge in [0.1, 0.15) is 10.6 Å². The molecule has 1 aromatic carbocycles. The Morgan fingerprint density at radius 2 is 2.04 bits per heavy atom. The second-order valence-electron chi connectivity index (χ2n) is 4.89. The van der Waals surface area contributed by atoms with Gasteiger partial charge in [0.2, 0.25) is 0 Å². The Morgan fingerprint density at radius 3 is 2.78 bits per heavy atom. The molecule has 2 heterocycles. The van der Waals surface area contributed by atoms with Gasteiger partial charge in [0.05, 0.1) is 19.7 Å². The average Bonchev–Trinajstić information content (AvgIpc) is 2.96. The van der Waals surface area contributed by atoms with E-state index in [1.807, 2.05) is 18.2 Å². The van der Waals surface area contributed by atoms with Crippen LogP contribution in [0.3, 0.4) is 0 Å². The molecule has 5 nitrogen and oxygen atoms in total. The summed E-state index contributed by atoms with van der Waals surface area (Å²) in [6.45, 7) is 1.74. The lowest BCUT2D eigenvalue weighted by Crippen LogP contribution is -2.20. The lowest BCUT2D eigenvalue weighted by atomic mass is 10.2. The van der Waals surface area contributed by atoms with E-state index in [0.29, 0.717) is 23.0 Å². The Kier molecular flexibility index (Phi) is 4.16. The van der Waals surface area contributed by atoms with Crippen molar-refractivity contribution in [3.05, 3.63) is 34.3 Å². The van der Waals surface area contributed by atoms with Crippen molar-refractivity contribution in [3.8, 4) is 23.3 Å². The third kappa shape index (κ3) is 3.26. The Balaban J connectivity index is 1.98. The van der Waals surface area contributed by atoms with Crippen LogP contribution in [-0.2, 0) is 0 Å². The normalized spacial score (nSPS) is 18.9. The van der Waals surface area contributed by atoms with Gasteiger partial charge in [-0.25, -0.2) is 9.98 Å². The molecule has 1 aliphatic heterocycles. The van der Waals surface area contributed by atoms with Gasteiger partial charge in [0, 0.05) is 11.8 Å². The van der Waals surface area contributed by atoms with Gasteiger partial charge in [-0.3, -0.25) is 0 Å². The minimum Gasteiger partial charge on any atom is -0.493 e. The molecule has 1 aliphatic rings. The number of alkyl halides is 1. The topological polar surface area (TPSA) is 55.7 Å². The number of amidine groups is 1. The summed E-state index contributed by atoms with van der Waals surface area (Å²) >= 11 is 7.78. The van der Waals surface area contributed by atoms with Gasteiger partial charge in [0.15, 0.2) is 22.3 Å². The van der Waals surface area contributed by atoms with Crippen molar-refractivity contribution < 1.29 is 9.47 Å². The third-order valence-electron chi connectivity index (χ3n) is 3.16. The molecule has 2 aromatic rings. The molecular formula is C16H14ClN3O2S. The second-order valence-corrected chi connectivity index (χ2v) is 6.48. The van der Waals surface area contributed by atoms with Crippen LogP contribution in [0.1, 0.15) is 17.5 Å². The van der Waals surface area contributed by atoms with Crippen molar-refractivity contribution in [2.45, 2.75) is 11.9 Å². The minimum atomic E-state index is -1.00. The molecule has 1 aromatic heterocycles. The number of ether oxygens (including phenoxy) is 2. The number of aliphatic imine (C=N–C) groups is 1. The Hall–Kier alpha value is -2.23. The molecule has 0 saturated carbocycles. The molecule has 23 heavy (non-hydrogen) atoms. The lowest BCUT2D eigenvalue weighted by Gasteiger charge is -2.14. The van der Waals surface area contributed by atoms with E-state index < -0.39 is 5.00 Å². The van der Waals surface area contributed by atoms with E-state index in [-0.39, 0.29) is 0 Å². The van der Waals surface area contributed by atoms with Crippen molar-refractivity contribution in [2.75, 3.05) is 19.5 Å². The zero-order valence-corrected chi connectivity index (χ0v) is 14.4. The molecule has 1 N–H and O–H groups in total. The number of halogens is 1. The number of benzene rings is 1. The Morgan fingerprint density at radius 1 is 1.26 bits per heavy atom. The molecule has 3 rings (SSSR count). The first-order chi connectivity index (χ1) is 11.0. The molecule has 0 radical (unpaired) electrons. The van der Waals surface area contributed by atoms with Gasteiger partial charge in [-0.05, 0) is 25.0 Å². The van der Waals surface area contributed by atoms with Crippen LogP contribution in [0.5, 0.6) is 11.5 Å². The van der Waals surface area contributed by atoms with Crippen molar-refractivity contribution in [1.82, 2.24) is 4.98 Å². The molecule has 118 valence electrons. The highest BCUT2D eigenvalue weighted by Gasteiger charge is 2.24. The maximum Gasteiger partial charge on any atom is 0.194 e. The molecule has 1 unspecified atom stereocenters. The maximum atomic E-state index is 6.32. The summed E-state index contributed by atoms with van der Waals surface area (Å²) in [6, 6.07) is 5.51.